The summed E-state index contributed by atoms with van der Waals surface area (Å²) in [6, 6.07) is 9.91. The first kappa shape index (κ1) is 22.2. The van der Waals surface area contributed by atoms with Gasteiger partial charge >= 0.3 is 0 Å². The van der Waals surface area contributed by atoms with Crippen molar-refractivity contribution >= 4 is 23.8 Å². The number of amides is 3. The fraction of sp³-hybridized carbons (Fsp3) is 0.455. The van der Waals surface area contributed by atoms with E-state index in [1.807, 2.05) is 50.2 Å². The molecule has 7 nitrogen and oxygen atoms in total. The Morgan fingerprint density at radius 2 is 2.00 bits per heavy atom. The van der Waals surface area contributed by atoms with Gasteiger partial charge < -0.3 is 16.0 Å². The minimum atomic E-state index is -0.775. The molecule has 3 atom stereocenters. The van der Waals surface area contributed by atoms with E-state index in [0.29, 0.717) is 19.4 Å². The van der Waals surface area contributed by atoms with Crippen LogP contribution < -0.4 is 16.0 Å². The second-order valence-corrected chi connectivity index (χ2v) is 7.64. The van der Waals surface area contributed by atoms with Gasteiger partial charge in [-0.2, -0.15) is 5.26 Å². The van der Waals surface area contributed by atoms with Crippen LogP contribution in [-0.4, -0.2) is 36.3 Å². The maximum absolute atomic E-state index is 12.7. The Morgan fingerprint density at radius 3 is 2.59 bits per heavy atom. The van der Waals surface area contributed by atoms with E-state index in [1.54, 1.807) is 6.08 Å². The topological polar surface area (TPSA) is 111 Å². The van der Waals surface area contributed by atoms with Gasteiger partial charge in [0.15, 0.2) is 0 Å². The lowest BCUT2D eigenvalue weighted by Gasteiger charge is -2.22. The number of carbonyl (C=O) groups excluding carboxylic acids is 3. The highest BCUT2D eigenvalue weighted by atomic mass is 16.2. The molecule has 154 valence electrons. The maximum Gasteiger partial charge on any atom is 0.244 e. The van der Waals surface area contributed by atoms with Crippen LogP contribution in [0, 0.1) is 23.2 Å². The van der Waals surface area contributed by atoms with E-state index in [1.165, 1.54) is 6.08 Å². The second kappa shape index (κ2) is 11.0. The molecule has 1 saturated heterocycles. The summed E-state index contributed by atoms with van der Waals surface area (Å²) in [5.41, 5.74) is 0.881. The number of nitriles is 1. The molecule has 3 amide bonds. The van der Waals surface area contributed by atoms with E-state index in [0.717, 1.165) is 5.56 Å². The van der Waals surface area contributed by atoms with Crippen molar-refractivity contribution in [1.29, 1.82) is 5.26 Å². The van der Waals surface area contributed by atoms with Gasteiger partial charge in [-0.1, -0.05) is 44.2 Å². The molecule has 0 aliphatic carbocycles. The lowest BCUT2D eigenvalue weighted by Crippen LogP contribution is -2.50. The Bertz CT molecular complexity index is 783. The first-order valence-corrected chi connectivity index (χ1v) is 9.90. The molecule has 0 bridgehead atoms. The van der Waals surface area contributed by atoms with E-state index in [4.69, 9.17) is 0 Å². The average molecular weight is 396 g/mol. The van der Waals surface area contributed by atoms with Crippen molar-refractivity contribution in [2.24, 2.45) is 11.8 Å². The number of carbonyl (C=O) groups is 3. The highest BCUT2D eigenvalue weighted by Gasteiger charge is 2.29. The summed E-state index contributed by atoms with van der Waals surface area (Å²) < 4.78 is 0. The van der Waals surface area contributed by atoms with Gasteiger partial charge in [0.1, 0.15) is 12.1 Å². The normalized spacial score (nSPS) is 18.1. The van der Waals surface area contributed by atoms with Gasteiger partial charge in [-0.05, 0) is 36.8 Å². The second-order valence-electron chi connectivity index (χ2n) is 7.64. The Hall–Kier alpha value is -3.14. The molecule has 0 aromatic heterocycles. The van der Waals surface area contributed by atoms with Crippen molar-refractivity contribution < 1.29 is 14.4 Å². The quantitative estimate of drug-likeness (QED) is 0.552. The molecule has 0 saturated carbocycles. The number of nitrogens with zero attached hydrogens (tertiary/aromatic N) is 1. The molecule has 0 unspecified atom stereocenters. The maximum atomic E-state index is 12.7. The van der Waals surface area contributed by atoms with Crippen LogP contribution in [0.2, 0.25) is 0 Å². The van der Waals surface area contributed by atoms with Gasteiger partial charge in [-0.3, -0.25) is 14.4 Å². The van der Waals surface area contributed by atoms with Gasteiger partial charge in [-0.15, -0.1) is 0 Å². The summed E-state index contributed by atoms with van der Waals surface area (Å²) in [4.78, 5) is 36.7. The van der Waals surface area contributed by atoms with Crippen LogP contribution >= 0.6 is 0 Å². The first-order chi connectivity index (χ1) is 13.9. The Balaban J connectivity index is 1.97. The Labute approximate surface area is 171 Å². The van der Waals surface area contributed by atoms with Gasteiger partial charge in [0.05, 0.1) is 6.07 Å². The third-order valence-corrected chi connectivity index (χ3v) is 4.72. The largest absolute Gasteiger partial charge is 0.356 e. The summed E-state index contributed by atoms with van der Waals surface area (Å²) in [5.74, 6) is -0.974. The highest BCUT2D eigenvalue weighted by Crippen LogP contribution is 2.16. The zero-order valence-electron chi connectivity index (χ0n) is 16.9. The van der Waals surface area contributed by atoms with Crippen LogP contribution in [0.1, 0.15) is 38.7 Å². The molecule has 1 heterocycles. The fourth-order valence-electron chi connectivity index (χ4n) is 3.23. The van der Waals surface area contributed by atoms with Crippen molar-refractivity contribution in [3.8, 4) is 6.07 Å². The minimum absolute atomic E-state index is 0.0856. The van der Waals surface area contributed by atoms with Gasteiger partial charge in [-0.25, -0.2) is 0 Å². The third-order valence-electron chi connectivity index (χ3n) is 4.72. The fourth-order valence-corrected chi connectivity index (χ4v) is 3.23. The smallest absolute Gasteiger partial charge is 0.244 e. The molecule has 29 heavy (non-hydrogen) atoms. The summed E-state index contributed by atoms with van der Waals surface area (Å²) >= 11 is 0. The Kier molecular flexibility index (Phi) is 8.41. The van der Waals surface area contributed by atoms with Crippen LogP contribution in [0.15, 0.2) is 36.4 Å². The summed E-state index contributed by atoms with van der Waals surface area (Å²) in [6.07, 6.45) is 4.43. The number of benzene rings is 1. The van der Waals surface area contributed by atoms with Crippen LogP contribution in [0.4, 0.5) is 0 Å². The number of nitrogens with one attached hydrogen (secondary N) is 3. The molecule has 3 N–H and O–H groups in total. The predicted molar refractivity (Wildman–Crippen MR) is 110 cm³/mol. The molecule has 0 radical (unpaired) electrons. The molecular formula is C22H28N4O3. The molecule has 1 aromatic carbocycles. The van der Waals surface area contributed by atoms with Crippen LogP contribution in [0.5, 0.6) is 0 Å². The minimum Gasteiger partial charge on any atom is -0.356 e. The van der Waals surface area contributed by atoms with Crippen LogP contribution in [0.25, 0.3) is 6.08 Å². The molecule has 1 fully saturated rings. The molecule has 7 heteroatoms. The third kappa shape index (κ3) is 7.41. The molecule has 2 rings (SSSR count). The first-order valence-electron chi connectivity index (χ1n) is 9.90. The lowest BCUT2D eigenvalue weighted by molar-refractivity contribution is -0.128. The molecule has 1 aliphatic rings. The zero-order valence-corrected chi connectivity index (χ0v) is 16.9. The average Bonchev–Trinajstić information content (AvgIpc) is 3.10. The van der Waals surface area contributed by atoms with Crippen molar-refractivity contribution in [3.05, 3.63) is 42.0 Å². The van der Waals surface area contributed by atoms with Crippen molar-refractivity contribution in [1.82, 2.24) is 16.0 Å². The lowest BCUT2D eigenvalue weighted by atomic mass is 9.98. The highest BCUT2D eigenvalue weighted by molar-refractivity contribution is 5.95. The summed E-state index contributed by atoms with van der Waals surface area (Å²) in [5, 5.41) is 17.5. The van der Waals surface area contributed by atoms with E-state index in [9.17, 15) is 19.6 Å². The van der Waals surface area contributed by atoms with Gasteiger partial charge in [0, 0.05) is 18.5 Å². The van der Waals surface area contributed by atoms with Crippen molar-refractivity contribution in [3.63, 3.8) is 0 Å². The Morgan fingerprint density at radius 1 is 1.28 bits per heavy atom. The zero-order chi connectivity index (χ0) is 21.2. The van der Waals surface area contributed by atoms with E-state index in [-0.39, 0.29) is 30.1 Å². The monoisotopic (exact) mass is 396 g/mol. The van der Waals surface area contributed by atoms with Crippen molar-refractivity contribution in [2.75, 3.05) is 6.54 Å². The summed E-state index contributed by atoms with van der Waals surface area (Å²) in [6.45, 7) is 4.50. The number of rotatable bonds is 9. The van der Waals surface area contributed by atoms with Crippen LogP contribution in [-0.2, 0) is 14.4 Å². The van der Waals surface area contributed by atoms with Gasteiger partial charge in [0.2, 0.25) is 17.7 Å². The van der Waals surface area contributed by atoms with E-state index >= 15 is 0 Å². The molecular weight excluding hydrogens is 368 g/mol. The molecule has 0 spiro atoms. The van der Waals surface area contributed by atoms with Gasteiger partial charge in [0.25, 0.3) is 0 Å². The number of hydrogen-bond acceptors (Lipinski definition) is 4. The predicted octanol–water partition coefficient (Wildman–Crippen LogP) is 1.77. The SMILES string of the molecule is CC(C)C[C@H](NC(=O)/C=C/c1ccccc1)C(=O)N[C@H](C#N)C[C@@H]1CCNC1=O. The van der Waals surface area contributed by atoms with E-state index in [2.05, 4.69) is 16.0 Å². The molecule has 1 aromatic rings. The number of hydrogen-bond donors (Lipinski definition) is 3. The van der Waals surface area contributed by atoms with E-state index < -0.39 is 18.0 Å². The summed E-state index contributed by atoms with van der Waals surface area (Å²) in [7, 11) is 0. The standard InChI is InChI=1S/C22H28N4O3/c1-15(2)12-19(26-20(27)9-8-16-6-4-3-5-7-16)22(29)25-18(14-23)13-17-10-11-24-21(17)28/h3-9,15,17-19H,10-13H2,1-2H3,(H,24,28)(H,25,29)(H,26,27)/b9-8+/t17-,18-,19-/m0/s1. The van der Waals surface area contributed by atoms with Crippen LogP contribution in [0.3, 0.4) is 0 Å². The van der Waals surface area contributed by atoms with Crippen molar-refractivity contribution in [2.45, 2.75) is 45.2 Å². The molecule has 1 aliphatic heterocycles.